The maximum atomic E-state index is 14.1. The number of nitro groups is 1. The maximum Gasteiger partial charge on any atom is 0.325 e. The summed E-state index contributed by atoms with van der Waals surface area (Å²) >= 11 is 0. The van der Waals surface area contributed by atoms with Gasteiger partial charge in [-0.3, -0.25) is 34.6 Å². The zero-order chi connectivity index (χ0) is 28.6. The second kappa shape index (κ2) is 10.6. The third kappa shape index (κ3) is 5.25. The predicted molar refractivity (Wildman–Crippen MR) is 142 cm³/mol. The van der Waals surface area contributed by atoms with Gasteiger partial charge in [0.25, 0.3) is 11.6 Å². The van der Waals surface area contributed by atoms with E-state index in [0.717, 1.165) is 17.7 Å². The number of aliphatic carboxylic acids is 1. The molecule has 5 N–H and O–H groups in total. The highest BCUT2D eigenvalue weighted by Crippen LogP contribution is 2.43. The van der Waals surface area contributed by atoms with Crippen LogP contribution in [0, 0.1) is 15.5 Å². The Balaban J connectivity index is 1.42. The quantitative estimate of drug-likeness (QED) is 0.135. The minimum Gasteiger partial charge on any atom is -0.480 e. The van der Waals surface area contributed by atoms with Crippen LogP contribution < -0.4 is 11.1 Å². The molecule has 0 spiro atoms. The molecule has 5 rings (SSSR count). The minimum absolute atomic E-state index is 0.0822. The summed E-state index contributed by atoms with van der Waals surface area (Å²) in [7, 11) is 0. The molecule has 0 saturated carbocycles. The van der Waals surface area contributed by atoms with Crippen molar-refractivity contribution in [2.75, 3.05) is 0 Å². The SMILES string of the molecule is N=C(N)c1ccc(C(=O)N[C@@H](Cc2ccc([N+](=O)[O-])cc2)C(=O)N2C3CCC2c2cn(CC(=O)O)nc2C3)cc1. The summed E-state index contributed by atoms with van der Waals surface area (Å²) in [5.74, 6) is -1.93. The Kier molecular flexibility index (Phi) is 7.03. The molecular formula is C27H27N7O6. The molecule has 2 aliphatic heterocycles. The highest BCUT2D eigenvalue weighted by atomic mass is 16.6. The molecule has 3 heterocycles. The second-order valence-corrected chi connectivity index (χ2v) is 9.96. The Hall–Kier alpha value is -5.07. The van der Waals surface area contributed by atoms with Crippen LogP contribution in [0.25, 0.3) is 0 Å². The van der Waals surface area contributed by atoms with Gasteiger partial charge < -0.3 is 21.1 Å². The number of nitro benzene ring substituents is 1. The van der Waals surface area contributed by atoms with E-state index in [9.17, 15) is 24.5 Å². The van der Waals surface area contributed by atoms with E-state index in [1.807, 2.05) is 0 Å². The number of carbonyl (C=O) groups excluding carboxylic acids is 2. The van der Waals surface area contributed by atoms with Gasteiger partial charge in [0.15, 0.2) is 0 Å². The van der Waals surface area contributed by atoms with Gasteiger partial charge in [0.05, 0.1) is 16.7 Å². The summed E-state index contributed by atoms with van der Waals surface area (Å²) in [6.07, 6.45) is 3.70. The molecule has 13 heteroatoms. The van der Waals surface area contributed by atoms with E-state index in [1.165, 1.54) is 28.9 Å². The van der Waals surface area contributed by atoms with Gasteiger partial charge in [-0.25, -0.2) is 0 Å². The first-order valence-electron chi connectivity index (χ1n) is 12.7. The number of hydrogen-bond donors (Lipinski definition) is 4. The first-order chi connectivity index (χ1) is 19.1. The van der Waals surface area contributed by atoms with E-state index in [0.29, 0.717) is 24.0 Å². The normalized spacial score (nSPS) is 18.1. The van der Waals surface area contributed by atoms with Gasteiger partial charge >= 0.3 is 5.97 Å². The molecule has 1 aromatic heterocycles. The smallest absolute Gasteiger partial charge is 0.325 e. The predicted octanol–water partition coefficient (Wildman–Crippen LogP) is 1.79. The first kappa shape index (κ1) is 26.5. The average molecular weight is 546 g/mol. The zero-order valence-corrected chi connectivity index (χ0v) is 21.3. The topological polar surface area (TPSA) is 198 Å². The Labute approximate surface area is 228 Å². The van der Waals surface area contributed by atoms with Gasteiger partial charge in [0.2, 0.25) is 5.91 Å². The number of amidine groups is 1. The maximum absolute atomic E-state index is 14.1. The van der Waals surface area contributed by atoms with E-state index in [1.54, 1.807) is 35.4 Å². The third-order valence-electron chi connectivity index (χ3n) is 7.36. The molecule has 1 saturated heterocycles. The van der Waals surface area contributed by atoms with Crippen molar-refractivity contribution in [2.45, 2.75) is 50.4 Å². The average Bonchev–Trinajstić information content (AvgIpc) is 3.47. The number of carboxylic acid groups (broad SMARTS) is 1. The van der Waals surface area contributed by atoms with Crippen molar-refractivity contribution in [3.8, 4) is 0 Å². The van der Waals surface area contributed by atoms with E-state index >= 15 is 0 Å². The van der Waals surface area contributed by atoms with Crippen molar-refractivity contribution in [1.29, 1.82) is 5.41 Å². The molecule has 13 nitrogen and oxygen atoms in total. The summed E-state index contributed by atoms with van der Waals surface area (Å²) < 4.78 is 1.37. The van der Waals surface area contributed by atoms with Crippen LogP contribution in [0.4, 0.5) is 5.69 Å². The molecule has 1 fully saturated rings. The van der Waals surface area contributed by atoms with Crippen LogP contribution in [0.15, 0.2) is 54.7 Å². The number of nitrogens with zero attached hydrogens (tertiary/aromatic N) is 4. The summed E-state index contributed by atoms with van der Waals surface area (Å²) in [6.45, 7) is -0.278. The lowest BCUT2D eigenvalue weighted by Gasteiger charge is -2.37. The van der Waals surface area contributed by atoms with Crippen LogP contribution in [0.1, 0.15) is 51.6 Å². The van der Waals surface area contributed by atoms with Gasteiger partial charge in [-0.1, -0.05) is 24.3 Å². The van der Waals surface area contributed by atoms with Crippen LogP contribution >= 0.6 is 0 Å². The molecule has 206 valence electrons. The fraction of sp³-hybridized carbons (Fsp3) is 0.296. The number of amides is 2. The molecule has 2 unspecified atom stereocenters. The summed E-state index contributed by atoms with van der Waals surface area (Å²) in [5, 5.41) is 35.0. The zero-order valence-electron chi connectivity index (χ0n) is 21.3. The van der Waals surface area contributed by atoms with E-state index in [2.05, 4.69) is 10.4 Å². The molecule has 3 atom stereocenters. The van der Waals surface area contributed by atoms with E-state index < -0.39 is 22.8 Å². The van der Waals surface area contributed by atoms with Crippen molar-refractivity contribution in [3.05, 3.63) is 92.8 Å². The number of fused-ring (bicyclic) bond motifs is 4. The number of rotatable bonds is 9. The van der Waals surface area contributed by atoms with Gasteiger partial charge in [0.1, 0.15) is 18.4 Å². The van der Waals surface area contributed by atoms with E-state index in [-0.39, 0.29) is 48.0 Å². The Morgan fingerprint density at radius 1 is 1.12 bits per heavy atom. The summed E-state index contributed by atoms with van der Waals surface area (Å²) in [4.78, 5) is 50.8. The number of nitrogens with two attached hydrogens (primary N) is 1. The molecule has 0 radical (unpaired) electrons. The standard InChI is InChI=1S/C27H27N7O6/c28-25(29)16-3-5-17(6-4-16)26(37)30-22(11-15-1-7-18(8-2-15)34(39)40)27(38)33-19-9-10-23(33)20-13-32(14-24(35)36)31-21(20)12-19/h1-8,13,19,22-23H,9-12,14H2,(H3,28,29)(H,30,37)(H,35,36)/t19?,22-,23?/m0/s1. The minimum atomic E-state index is -1.01. The number of carbonyl (C=O) groups is 3. The molecule has 2 bridgehead atoms. The number of nitrogens with one attached hydrogen (secondary N) is 2. The number of non-ortho nitro benzene ring substituents is 1. The number of carboxylic acids is 1. The largest absolute Gasteiger partial charge is 0.480 e. The van der Waals surface area contributed by atoms with Crippen molar-refractivity contribution in [3.63, 3.8) is 0 Å². The van der Waals surface area contributed by atoms with E-state index in [4.69, 9.17) is 16.2 Å². The van der Waals surface area contributed by atoms with Gasteiger partial charge in [-0.05, 0) is 30.5 Å². The number of nitrogen functional groups attached to an aromatic ring is 1. The Morgan fingerprint density at radius 3 is 2.42 bits per heavy atom. The lowest BCUT2D eigenvalue weighted by molar-refractivity contribution is -0.384. The highest BCUT2D eigenvalue weighted by Gasteiger charge is 2.46. The van der Waals surface area contributed by atoms with Crippen molar-refractivity contribution in [1.82, 2.24) is 20.0 Å². The molecule has 0 aliphatic carbocycles. The molecule has 3 aromatic rings. The van der Waals surface area contributed by atoms with Gasteiger partial charge in [-0.15, -0.1) is 0 Å². The fourth-order valence-corrected chi connectivity index (χ4v) is 5.49. The van der Waals surface area contributed by atoms with Crippen LogP contribution in [0.3, 0.4) is 0 Å². The third-order valence-corrected chi connectivity index (χ3v) is 7.36. The Morgan fingerprint density at radius 2 is 1.80 bits per heavy atom. The van der Waals surface area contributed by atoms with Crippen LogP contribution in [0.2, 0.25) is 0 Å². The monoisotopic (exact) mass is 545 g/mol. The fourth-order valence-electron chi connectivity index (χ4n) is 5.49. The molecule has 2 amide bonds. The number of benzene rings is 2. The molecule has 40 heavy (non-hydrogen) atoms. The molecule has 2 aromatic carbocycles. The van der Waals surface area contributed by atoms with Crippen LogP contribution in [-0.4, -0.2) is 60.4 Å². The molecule has 2 aliphatic rings. The lowest BCUT2D eigenvalue weighted by Crippen LogP contribution is -2.53. The van der Waals surface area contributed by atoms with Crippen LogP contribution in [-0.2, 0) is 29.0 Å². The summed E-state index contributed by atoms with van der Waals surface area (Å²) in [5.41, 5.74) is 8.38. The Bertz CT molecular complexity index is 1500. The number of aromatic nitrogens is 2. The second-order valence-electron chi connectivity index (χ2n) is 9.96. The lowest BCUT2D eigenvalue weighted by atomic mass is 9.97. The van der Waals surface area contributed by atoms with Crippen molar-refractivity contribution in [2.24, 2.45) is 5.73 Å². The highest BCUT2D eigenvalue weighted by molar-refractivity contribution is 6.00. The first-order valence-corrected chi connectivity index (χ1v) is 12.7. The number of hydrogen-bond acceptors (Lipinski definition) is 7. The van der Waals surface area contributed by atoms with Crippen molar-refractivity contribution < 1.29 is 24.4 Å². The van der Waals surface area contributed by atoms with Crippen molar-refractivity contribution >= 4 is 29.3 Å². The summed E-state index contributed by atoms with van der Waals surface area (Å²) in [6, 6.07) is 10.5. The van der Waals surface area contributed by atoms with Crippen LogP contribution in [0.5, 0.6) is 0 Å². The van der Waals surface area contributed by atoms with Gasteiger partial charge in [0, 0.05) is 53.9 Å². The van der Waals surface area contributed by atoms with Gasteiger partial charge in [-0.2, -0.15) is 5.10 Å². The molecular weight excluding hydrogens is 518 g/mol.